The lowest BCUT2D eigenvalue weighted by atomic mass is 10.0. The molecule has 0 saturated heterocycles. The van der Waals surface area contributed by atoms with Crippen molar-refractivity contribution in [1.29, 1.82) is 0 Å². The number of allylic oxidation sites excluding steroid dienone is 2. The first-order valence-corrected chi connectivity index (χ1v) is 11.0. The Morgan fingerprint density at radius 1 is 1.31 bits per heavy atom. The molecule has 0 fully saturated rings. The zero-order chi connectivity index (χ0) is 22.7. The Balaban J connectivity index is 1.40. The number of ether oxygens (including phenoxy) is 1. The van der Waals surface area contributed by atoms with E-state index in [0.29, 0.717) is 6.54 Å². The first-order valence-electron chi connectivity index (χ1n) is 10.2. The van der Waals surface area contributed by atoms with Crippen molar-refractivity contribution in [3.05, 3.63) is 69.5 Å². The molecule has 0 saturated carbocycles. The zero-order valence-electron chi connectivity index (χ0n) is 18.1. The fraction of sp³-hybridized carbons (Fsp3) is 0.318. The van der Waals surface area contributed by atoms with Gasteiger partial charge in [0.15, 0.2) is 0 Å². The van der Waals surface area contributed by atoms with Gasteiger partial charge < -0.3 is 4.74 Å². The first kappa shape index (κ1) is 21.9. The monoisotopic (exact) mass is 497 g/mol. The average Bonchev–Trinajstić information content (AvgIpc) is 3.30. The Bertz CT molecular complexity index is 1140. The van der Waals surface area contributed by atoms with Gasteiger partial charge in [-0.25, -0.2) is 5.43 Å². The van der Waals surface area contributed by atoms with E-state index in [1.165, 1.54) is 0 Å². The maximum absolute atomic E-state index is 12.2. The minimum Gasteiger partial charge on any atom is -0.496 e. The van der Waals surface area contributed by atoms with Gasteiger partial charge in [-0.1, -0.05) is 29.5 Å². The molecule has 2 heterocycles. The minimum absolute atomic E-state index is 0.0498. The van der Waals surface area contributed by atoms with Crippen LogP contribution < -0.4 is 10.2 Å². The molecule has 10 heteroatoms. The van der Waals surface area contributed by atoms with Gasteiger partial charge in [0.05, 0.1) is 41.8 Å². The number of nitrogens with one attached hydrogen (secondary N) is 1. The number of carbonyl (C=O) groups excluding carboxylic acids is 1. The summed E-state index contributed by atoms with van der Waals surface area (Å²) in [5.41, 5.74) is 6.08. The maximum atomic E-state index is 12.2. The van der Waals surface area contributed by atoms with Gasteiger partial charge in [-0.3, -0.25) is 14.5 Å². The number of rotatable bonds is 7. The molecule has 2 unspecified atom stereocenters. The molecule has 0 spiro atoms. The van der Waals surface area contributed by atoms with Crippen molar-refractivity contribution in [3.8, 4) is 5.75 Å². The third kappa shape index (κ3) is 4.64. The van der Waals surface area contributed by atoms with E-state index >= 15 is 0 Å². The van der Waals surface area contributed by atoms with Gasteiger partial charge in [0.25, 0.3) is 5.91 Å². The molecular formula is C22H24BrN7O2. The van der Waals surface area contributed by atoms with Gasteiger partial charge in [0.1, 0.15) is 18.3 Å². The summed E-state index contributed by atoms with van der Waals surface area (Å²) in [6, 6.07) is 5.89. The lowest BCUT2D eigenvalue weighted by Crippen LogP contribution is -2.32. The summed E-state index contributed by atoms with van der Waals surface area (Å²) >= 11 is 3.46. The molecule has 4 rings (SSSR count). The van der Waals surface area contributed by atoms with E-state index in [-0.39, 0.29) is 24.5 Å². The van der Waals surface area contributed by atoms with Gasteiger partial charge in [-0.2, -0.15) is 15.3 Å². The highest BCUT2D eigenvalue weighted by molar-refractivity contribution is 9.10. The number of methoxy groups -OCH3 is 1. The van der Waals surface area contributed by atoms with Crippen LogP contribution in [-0.2, 0) is 17.9 Å². The maximum Gasteiger partial charge on any atom is 0.261 e. The fourth-order valence-electron chi connectivity index (χ4n) is 3.64. The number of hydrogen-bond acceptors (Lipinski definition) is 7. The number of aromatic nitrogens is 2. The third-order valence-electron chi connectivity index (χ3n) is 5.35. The highest BCUT2D eigenvalue weighted by Crippen LogP contribution is 2.28. The van der Waals surface area contributed by atoms with Crippen LogP contribution >= 0.6 is 15.9 Å². The van der Waals surface area contributed by atoms with Crippen LogP contribution in [0.4, 0.5) is 0 Å². The molecule has 2 aromatic rings. The molecule has 166 valence electrons. The lowest BCUT2D eigenvalue weighted by Gasteiger charge is -2.24. The van der Waals surface area contributed by atoms with E-state index in [0.717, 1.165) is 32.7 Å². The highest BCUT2D eigenvalue weighted by atomic mass is 79.9. The number of aryl methyl sites for hydroxylation is 1. The Labute approximate surface area is 194 Å². The predicted molar refractivity (Wildman–Crippen MR) is 124 cm³/mol. The molecule has 0 bridgehead atoms. The molecule has 32 heavy (non-hydrogen) atoms. The number of halogens is 1. The lowest BCUT2D eigenvalue weighted by molar-refractivity contribution is -0.121. The van der Waals surface area contributed by atoms with Gasteiger partial charge in [0, 0.05) is 5.56 Å². The van der Waals surface area contributed by atoms with Crippen molar-refractivity contribution >= 4 is 28.1 Å². The SMILES string of the molecule is COc1ccc(C=NNC(=O)Cn2nc(C)c(Br)c2C)cc1CN1N=NC2C=CC=CC21. The van der Waals surface area contributed by atoms with Crippen LogP contribution in [0.2, 0.25) is 0 Å². The number of hydrazone groups is 1. The normalized spacial score (nSPS) is 19.1. The number of nitrogens with zero attached hydrogens (tertiary/aromatic N) is 6. The molecule has 1 aromatic carbocycles. The van der Waals surface area contributed by atoms with Crippen molar-refractivity contribution in [2.24, 2.45) is 15.4 Å². The summed E-state index contributed by atoms with van der Waals surface area (Å²) in [5, 5.41) is 19.0. The predicted octanol–water partition coefficient (Wildman–Crippen LogP) is 3.47. The zero-order valence-corrected chi connectivity index (χ0v) is 19.7. The van der Waals surface area contributed by atoms with Crippen LogP contribution in [0.5, 0.6) is 5.75 Å². The Morgan fingerprint density at radius 2 is 2.12 bits per heavy atom. The van der Waals surface area contributed by atoms with Crippen LogP contribution in [0.3, 0.4) is 0 Å². The molecule has 1 aliphatic carbocycles. The Hall–Kier alpha value is -3.27. The minimum atomic E-state index is -0.256. The fourth-order valence-corrected chi connectivity index (χ4v) is 3.93. The average molecular weight is 498 g/mol. The van der Waals surface area contributed by atoms with Gasteiger partial charge in [0.2, 0.25) is 0 Å². The summed E-state index contributed by atoms with van der Waals surface area (Å²) in [4.78, 5) is 12.2. The number of fused-ring (bicyclic) bond motifs is 1. The number of benzene rings is 1. The second-order valence-corrected chi connectivity index (χ2v) is 8.35. The van der Waals surface area contributed by atoms with Crippen LogP contribution in [-0.4, -0.2) is 46.1 Å². The molecule has 9 nitrogen and oxygen atoms in total. The van der Waals surface area contributed by atoms with Crippen LogP contribution in [0.15, 0.2) is 62.4 Å². The van der Waals surface area contributed by atoms with E-state index in [1.807, 2.05) is 55.3 Å². The van der Waals surface area contributed by atoms with E-state index in [2.05, 4.69) is 48.0 Å². The summed E-state index contributed by atoms with van der Waals surface area (Å²) in [5.74, 6) is 0.504. The second-order valence-electron chi connectivity index (χ2n) is 7.56. The van der Waals surface area contributed by atoms with Crippen molar-refractivity contribution in [1.82, 2.24) is 20.2 Å². The summed E-state index contributed by atoms with van der Waals surface area (Å²) in [6.45, 7) is 4.43. The number of carbonyl (C=O) groups is 1. The molecular weight excluding hydrogens is 474 g/mol. The van der Waals surface area contributed by atoms with Crippen molar-refractivity contribution in [3.63, 3.8) is 0 Å². The molecule has 1 aromatic heterocycles. The van der Waals surface area contributed by atoms with Crippen molar-refractivity contribution < 1.29 is 9.53 Å². The highest BCUT2D eigenvalue weighted by Gasteiger charge is 2.30. The smallest absolute Gasteiger partial charge is 0.261 e. The van der Waals surface area contributed by atoms with Crippen molar-refractivity contribution in [2.75, 3.05) is 7.11 Å². The van der Waals surface area contributed by atoms with Crippen LogP contribution in [0.1, 0.15) is 22.5 Å². The van der Waals surface area contributed by atoms with E-state index in [4.69, 9.17) is 4.74 Å². The van der Waals surface area contributed by atoms with E-state index in [1.54, 1.807) is 18.0 Å². The molecule has 1 amide bonds. The van der Waals surface area contributed by atoms with Crippen LogP contribution in [0, 0.1) is 13.8 Å². The third-order valence-corrected chi connectivity index (χ3v) is 6.50. The Morgan fingerprint density at radius 3 is 2.88 bits per heavy atom. The molecule has 1 N–H and O–H groups in total. The molecule has 0 radical (unpaired) electrons. The van der Waals surface area contributed by atoms with Crippen LogP contribution in [0.25, 0.3) is 0 Å². The van der Waals surface area contributed by atoms with Gasteiger partial charge in [-0.05, 0) is 53.5 Å². The van der Waals surface area contributed by atoms with E-state index < -0.39 is 0 Å². The quantitative estimate of drug-likeness (QED) is 0.467. The molecule has 2 atom stereocenters. The molecule has 1 aliphatic heterocycles. The Kier molecular flexibility index (Phi) is 6.50. The summed E-state index contributed by atoms with van der Waals surface area (Å²) in [7, 11) is 1.64. The largest absolute Gasteiger partial charge is 0.496 e. The topological polar surface area (TPSA) is 96.5 Å². The first-order chi connectivity index (χ1) is 15.5. The van der Waals surface area contributed by atoms with Crippen molar-refractivity contribution in [2.45, 2.75) is 39.0 Å². The second kappa shape index (κ2) is 9.47. The number of hydrogen-bond donors (Lipinski definition) is 1. The van der Waals surface area contributed by atoms with Gasteiger partial charge >= 0.3 is 0 Å². The van der Waals surface area contributed by atoms with Gasteiger partial charge in [-0.15, -0.1) is 0 Å². The van der Waals surface area contributed by atoms with E-state index in [9.17, 15) is 4.79 Å². The molecule has 2 aliphatic rings. The summed E-state index contributed by atoms with van der Waals surface area (Å²) in [6.07, 6.45) is 9.75. The summed E-state index contributed by atoms with van der Waals surface area (Å²) < 4.78 is 8.07. The number of amides is 1. The standard InChI is InChI=1S/C22H24BrN7O2/c1-14-22(23)15(2)29(27-14)13-21(31)26-24-11-16-8-9-20(32-3)17(10-16)12-30-19-7-5-4-6-18(19)25-28-30/h4-11,18-19H,12-13H2,1-3H3,(H,26,31).